The molecule has 0 saturated carbocycles. The van der Waals surface area contributed by atoms with Crippen molar-refractivity contribution in [3.63, 3.8) is 0 Å². The zero-order valence-electron chi connectivity index (χ0n) is 18.6. The molecular weight excluding hydrogens is 398 g/mol. The van der Waals surface area contributed by atoms with Crippen LogP contribution in [0.1, 0.15) is 37.8 Å². The lowest BCUT2D eigenvalue weighted by molar-refractivity contribution is -0.134. The summed E-state index contributed by atoms with van der Waals surface area (Å²) in [5.74, 6) is -0.279. The van der Waals surface area contributed by atoms with Crippen molar-refractivity contribution in [2.45, 2.75) is 45.7 Å². The first-order valence-electron chi connectivity index (χ1n) is 11.0. The van der Waals surface area contributed by atoms with E-state index in [9.17, 15) is 13.6 Å². The Morgan fingerprint density at radius 3 is 2.35 bits per heavy atom. The summed E-state index contributed by atoms with van der Waals surface area (Å²) < 4.78 is 33.2. The Hall–Kier alpha value is -2.47. The molecule has 168 valence electrons. The number of nitrogens with zero attached hydrogens (tertiary/aromatic N) is 2. The summed E-state index contributed by atoms with van der Waals surface area (Å²) in [5, 5.41) is 0. The van der Waals surface area contributed by atoms with Gasteiger partial charge in [0.25, 0.3) is 0 Å². The summed E-state index contributed by atoms with van der Waals surface area (Å²) in [4.78, 5) is 17.4. The number of halogens is 2. The number of piperidine rings is 1. The van der Waals surface area contributed by atoms with Gasteiger partial charge in [-0.1, -0.05) is 32.0 Å². The minimum atomic E-state index is -0.449. The number of benzene rings is 2. The predicted octanol–water partition coefficient (Wildman–Crippen LogP) is 4.67. The maximum absolute atomic E-state index is 14.4. The number of carbonyl (C=O) groups is 1. The molecule has 0 aliphatic carbocycles. The zero-order chi connectivity index (χ0) is 22.4. The largest absolute Gasteiger partial charge is 0.490 e. The van der Waals surface area contributed by atoms with Crippen molar-refractivity contribution in [2.75, 3.05) is 26.7 Å². The Morgan fingerprint density at radius 2 is 1.74 bits per heavy atom. The second kappa shape index (κ2) is 10.7. The van der Waals surface area contributed by atoms with Crippen LogP contribution in [0.25, 0.3) is 0 Å². The quantitative estimate of drug-likeness (QED) is 0.610. The van der Waals surface area contributed by atoms with Crippen LogP contribution in [0.15, 0.2) is 42.5 Å². The van der Waals surface area contributed by atoms with E-state index < -0.39 is 5.82 Å². The molecular formula is C25H32F2N2O2. The first-order valence-corrected chi connectivity index (χ1v) is 11.0. The third-order valence-corrected chi connectivity index (χ3v) is 5.64. The number of rotatable bonds is 8. The molecule has 0 unspecified atom stereocenters. The van der Waals surface area contributed by atoms with Crippen LogP contribution >= 0.6 is 0 Å². The van der Waals surface area contributed by atoms with Crippen molar-refractivity contribution in [1.29, 1.82) is 0 Å². The molecule has 6 heteroatoms. The van der Waals surface area contributed by atoms with Gasteiger partial charge in [-0.3, -0.25) is 4.79 Å². The fourth-order valence-corrected chi connectivity index (χ4v) is 3.82. The Morgan fingerprint density at radius 1 is 1.10 bits per heavy atom. The first-order chi connectivity index (χ1) is 14.8. The molecule has 31 heavy (non-hydrogen) atoms. The maximum atomic E-state index is 14.4. The van der Waals surface area contributed by atoms with Gasteiger partial charge in [0.2, 0.25) is 5.91 Å². The molecule has 0 bridgehead atoms. The van der Waals surface area contributed by atoms with Crippen molar-refractivity contribution in [1.82, 2.24) is 9.80 Å². The topological polar surface area (TPSA) is 32.8 Å². The van der Waals surface area contributed by atoms with E-state index in [0.717, 1.165) is 31.5 Å². The normalized spacial score (nSPS) is 15.3. The van der Waals surface area contributed by atoms with E-state index in [4.69, 9.17) is 4.74 Å². The first kappa shape index (κ1) is 23.2. The second-order valence-electron chi connectivity index (χ2n) is 8.83. The lowest BCUT2D eigenvalue weighted by atomic mass is 10.0. The van der Waals surface area contributed by atoms with Gasteiger partial charge in [-0.05, 0) is 74.3 Å². The van der Waals surface area contributed by atoms with Crippen molar-refractivity contribution < 1.29 is 18.3 Å². The SMILES string of the molecule is CC(C)COc1ccc(CC(=O)N(Cc2ccc(F)cc2)C2CCN(C)CC2)cc1F. The van der Waals surface area contributed by atoms with E-state index in [-0.39, 0.29) is 29.9 Å². The van der Waals surface area contributed by atoms with E-state index in [2.05, 4.69) is 11.9 Å². The molecule has 2 aromatic carbocycles. The maximum Gasteiger partial charge on any atom is 0.227 e. The minimum absolute atomic E-state index is 0.0471. The molecule has 2 aromatic rings. The van der Waals surface area contributed by atoms with Gasteiger partial charge in [0, 0.05) is 12.6 Å². The summed E-state index contributed by atoms with van der Waals surface area (Å²) in [5.41, 5.74) is 1.51. The molecule has 0 N–H and O–H groups in total. The number of carbonyl (C=O) groups excluding carboxylic acids is 1. The number of likely N-dealkylation sites (tertiary alicyclic amines) is 1. The molecule has 1 saturated heterocycles. The van der Waals surface area contributed by atoms with Gasteiger partial charge in [-0.25, -0.2) is 8.78 Å². The predicted molar refractivity (Wildman–Crippen MR) is 118 cm³/mol. The fourth-order valence-electron chi connectivity index (χ4n) is 3.82. The van der Waals surface area contributed by atoms with Crippen LogP contribution in [-0.4, -0.2) is 48.5 Å². The van der Waals surface area contributed by atoms with Gasteiger partial charge >= 0.3 is 0 Å². The van der Waals surface area contributed by atoms with Gasteiger partial charge in [0.05, 0.1) is 13.0 Å². The van der Waals surface area contributed by atoms with Crippen LogP contribution in [0.4, 0.5) is 8.78 Å². The molecule has 0 radical (unpaired) electrons. The van der Waals surface area contributed by atoms with E-state index in [1.165, 1.54) is 18.2 Å². The van der Waals surface area contributed by atoms with Crippen LogP contribution in [-0.2, 0) is 17.8 Å². The minimum Gasteiger partial charge on any atom is -0.490 e. The molecule has 0 spiro atoms. The van der Waals surface area contributed by atoms with Gasteiger partial charge < -0.3 is 14.5 Å². The van der Waals surface area contributed by atoms with Crippen molar-refractivity contribution in [3.8, 4) is 5.75 Å². The summed E-state index contributed by atoms with van der Waals surface area (Å²) >= 11 is 0. The number of amides is 1. The van der Waals surface area contributed by atoms with Crippen LogP contribution in [0.5, 0.6) is 5.75 Å². The lowest BCUT2D eigenvalue weighted by Gasteiger charge is -2.37. The van der Waals surface area contributed by atoms with Gasteiger partial charge in [-0.15, -0.1) is 0 Å². The average Bonchev–Trinajstić information content (AvgIpc) is 2.73. The highest BCUT2D eigenvalue weighted by atomic mass is 19.1. The highest BCUT2D eigenvalue weighted by Gasteiger charge is 2.27. The smallest absolute Gasteiger partial charge is 0.227 e. The number of hydrogen-bond acceptors (Lipinski definition) is 3. The summed E-state index contributed by atoms with van der Waals surface area (Å²) in [7, 11) is 2.08. The highest BCUT2D eigenvalue weighted by Crippen LogP contribution is 2.23. The molecule has 1 aliphatic rings. The Kier molecular flexibility index (Phi) is 8.02. The fraction of sp³-hybridized carbons (Fsp3) is 0.480. The second-order valence-corrected chi connectivity index (χ2v) is 8.83. The number of ether oxygens (including phenoxy) is 1. The molecule has 3 rings (SSSR count). The van der Waals surface area contributed by atoms with Crippen LogP contribution in [0.3, 0.4) is 0 Å². The van der Waals surface area contributed by atoms with Crippen molar-refractivity contribution >= 4 is 5.91 Å². The Bertz CT molecular complexity index is 862. The summed E-state index contributed by atoms with van der Waals surface area (Å²) in [6.07, 6.45) is 1.90. The van der Waals surface area contributed by atoms with Crippen molar-refractivity contribution in [2.24, 2.45) is 5.92 Å². The third kappa shape index (κ3) is 6.76. The molecule has 0 aromatic heterocycles. The molecule has 1 aliphatic heterocycles. The molecule has 1 heterocycles. The van der Waals surface area contributed by atoms with Gasteiger partial charge in [0.1, 0.15) is 5.82 Å². The lowest BCUT2D eigenvalue weighted by Crippen LogP contribution is -2.46. The van der Waals surface area contributed by atoms with Gasteiger partial charge in [-0.2, -0.15) is 0 Å². The standard InChI is InChI=1S/C25H32F2N2O2/c1-18(2)17-31-24-9-6-20(14-23(24)27)15-25(30)29(22-10-12-28(3)13-11-22)16-19-4-7-21(26)8-5-19/h4-9,14,18,22H,10-13,15-17H2,1-3H3. The molecule has 4 nitrogen and oxygen atoms in total. The van der Waals surface area contributed by atoms with Crippen LogP contribution in [0.2, 0.25) is 0 Å². The third-order valence-electron chi connectivity index (χ3n) is 5.64. The zero-order valence-corrected chi connectivity index (χ0v) is 18.6. The Labute approximate surface area is 183 Å². The van der Waals surface area contributed by atoms with Gasteiger partial charge in [0.15, 0.2) is 11.6 Å². The monoisotopic (exact) mass is 430 g/mol. The average molecular weight is 431 g/mol. The van der Waals surface area contributed by atoms with Crippen LogP contribution in [0, 0.1) is 17.6 Å². The van der Waals surface area contributed by atoms with E-state index in [0.29, 0.717) is 24.6 Å². The Balaban J connectivity index is 1.73. The number of hydrogen-bond donors (Lipinski definition) is 0. The molecule has 1 amide bonds. The highest BCUT2D eigenvalue weighted by molar-refractivity contribution is 5.79. The van der Waals surface area contributed by atoms with Crippen molar-refractivity contribution in [3.05, 3.63) is 65.2 Å². The summed E-state index contributed by atoms with van der Waals surface area (Å²) in [6, 6.07) is 11.1. The molecule has 1 fully saturated rings. The summed E-state index contributed by atoms with van der Waals surface area (Å²) in [6.45, 7) is 6.72. The van der Waals surface area contributed by atoms with E-state index in [1.54, 1.807) is 24.3 Å². The van der Waals surface area contributed by atoms with Crippen LogP contribution < -0.4 is 4.74 Å². The van der Waals surface area contributed by atoms with E-state index >= 15 is 0 Å². The van der Waals surface area contributed by atoms with E-state index in [1.807, 2.05) is 18.7 Å². The molecule has 0 atom stereocenters.